The number of hydrazone groups is 1. The van der Waals surface area contributed by atoms with E-state index in [4.69, 9.17) is 4.42 Å². The number of benzene rings is 1. The van der Waals surface area contributed by atoms with Crippen molar-refractivity contribution in [3.63, 3.8) is 0 Å². The van der Waals surface area contributed by atoms with Crippen LogP contribution in [0, 0.1) is 3.77 Å². The predicted octanol–water partition coefficient (Wildman–Crippen LogP) is 4.27. The highest BCUT2D eigenvalue weighted by molar-refractivity contribution is 14.1. The predicted molar refractivity (Wildman–Crippen MR) is 110 cm³/mol. The highest BCUT2D eigenvalue weighted by Gasteiger charge is 2.43. The second-order valence-corrected chi connectivity index (χ2v) is 8.60. The molecule has 0 saturated carbocycles. The monoisotopic (exact) mass is 532 g/mol. The van der Waals surface area contributed by atoms with E-state index in [1.165, 1.54) is 11.8 Å². The van der Waals surface area contributed by atoms with Crippen LogP contribution in [0.25, 0.3) is 0 Å². The summed E-state index contributed by atoms with van der Waals surface area (Å²) in [6.07, 6.45) is -0.363. The SMILES string of the molecule is CCSC1=NN2[C@H](c3cc(Br)c(I)o3)Nc3ccccc3[C@@H]2C(=O)N1. The standard InChI is InChI=1S/C16H14BrIN4O2S/c1-2-25-16-20-15(23)12-8-5-3-4-6-10(8)19-14(22(12)21-16)11-7-9(17)13(18)24-11/h3-7,12,14,19H,2H2,1H3,(H,20,21,23)/t12-,14-/m1/s1. The van der Waals surface area contributed by atoms with Gasteiger partial charge in [-0.3, -0.25) is 4.79 Å². The molecule has 3 heterocycles. The topological polar surface area (TPSA) is 69.9 Å². The molecule has 2 N–H and O–H groups in total. The normalized spacial score (nSPS) is 21.8. The zero-order chi connectivity index (χ0) is 17.6. The highest BCUT2D eigenvalue weighted by Crippen LogP contribution is 2.43. The molecule has 0 saturated heterocycles. The lowest BCUT2D eigenvalue weighted by Crippen LogP contribution is -2.50. The van der Waals surface area contributed by atoms with Crippen LogP contribution in [-0.4, -0.2) is 21.8 Å². The number of hydrogen-bond donors (Lipinski definition) is 2. The summed E-state index contributed by atoms with van der Waals surface area (Å²) >= 11 is 7.12. The van der Waals surface area contributed by atoms with Crippen LogP contribution < -0.4 is 10.6 Å². The molecule has 2 aromatic rings. The van der Waals surface area contributed by atoms with Gasteiger partial charge in [-0.25, -0.2) is 5.01 Å². The number of amides is 1. The van der Waals surface area contributed by atoms with Crippen LogP contribution in [0.15, 0.2) is 44.3 Å². The lowest BCUT2D eigenvalue weighted by atomic mass is 9.99. The number of carbonyl (C=O) groups excluding carboxylic acids is 1. The van der Waals surface area contributed by atoms with Crippen molar-refractivity contribution in [3.8, 4) is 0 Å². The minimum Gasteiger partial charge on any atom is -0.450 e. The van der Waals surface area contributed by atoms with Crippen LogP contribution in [0.1, 0.15) is 30.5 Å². The molecule has 2 atom stereocenters. The van der Waals surface area contributed by atoms with Crippen LogP contribution in [0.4, 0.5) is 5.69 Å². The number of hydrogen-bond acceptors (Lipinski definition) is 6. The lowest BCUT2D eigenvalue weighted by molar-refractivity contribution is -0.127. The van der Waals surface area contributed by atoms with Gasteiger partial charge in [0.25, 0.3) is 5.91 Å². The first-order chi connectivity index (χ1) is 12.1. The summed E-state index contributed by atoms with van der Waals surface area (Å²) in [5, 5.41) is 13.4. The van der Waals surface area contributed by atoms with Crippen molar-refractivity contribution in [3.05, 3.63) is 49.9 Å². The molecule has 0 unspecified atom stereocenters. The average Bonchev–Trinajstić information content (AvgIpc) is 2.93. The quantitative estimate of drug-likeness (QED) is 0.565. The number of rotatable bonds is 2. The Hall–Kier alpha value is -1.20. The van der Waals surface area contributed by atoms with Crippen LogP contribution in [0.5, 0.6) is 0 Å². The van der Waals surface area contributed by atoms with Gasteiger partial charge in [-0.2, -0.15) is 0 Å². The van der Waals surface area contributed by atoms with Crippen molar-refractivity contribution in [2.24, 2.45) is 5.10 Å². The number of amidine groups is 1. The van der Waals surface area contributed by atoms with Gasteiger partial charge in [-0.05, 0) is 33.8 Å². The molecule has 1 aromatic carbocycles. The van der Waals surface area contributed by atoms with E-state index in [1.807, 2.05) is 37.3 Å². The molecule has 0 spiro atoms. The lowest BCUT2D eigenvalue weighted by Gasteiger charge is -2.42. The summed E-state index contributed by atoms with van der Waals surface area (Å²) < 4.78 is 7.52. The summed E-state index contributed by atoms with van der Waals surface area (Å²) in [7, 11) is 0. The van der Waals surface area contributed by atoms with Gasteiger partial charge in [-0.1, -0.05) is 36.9 Å². The summed E-state index contributed by atoms with van der Waals surface area (Å²) in [4.78, 5) is 12.8. The molecular weight excluding hydrogens is 519 g/mol. The molecule has 2 aliphatic rings. The van der Waals surface area contributed by atoms with Gasteiger partial charge in [-0.15, -0.1) is 5.10 Å². The molecule has 4 rings (SSSR count). The zero-order valence-corrected chi connectivity index (χ0v) is 17.7. The Morgan fingerprint density at radius 1 is 1.44 bits per heavy atom. The van der Waals surface area contributed by atoms with Gasteiger partial charge in [0.05, 0.1) is 4.47 Å². The first-order valence-electron chi connectivity index (χ1n) is 7.69. The van der Waals surface area contributed by atoms with E-state index in [9.17, 15) is 4.79 Å². The maximum Gasteiger partial charge on any atom is 0.255 e. The molecular formula is C16H14BrIN4O2S. The number of anilines is 1. The van der Waals surface area contributed by atoms with Gasteiger partial charge in [0.1, 0.15) is 0 Å². The molecule has 6 nitrogen and oxygen atoms in total. The van der Waals surface area contributed by atoms with E-state index in [0.717, 1.165) is 25.2 Å². The van der Waals surface area contributed by atoms with Crippen molar-refractivity contribution >= 4 is 67.0 Å². The van der Waals surface area contributed by atoms with Crippen molar-refractivity contribution < 1.29 is 9.21 Å². The third-order valence-corrected chi connectivity index (χ3v) is 6.85. The van der Waals surface area contributed by atoms with E-state index in [-0.39, 0.29) is 12.1 Å². The molecule has 0 radical (unpaired) electrons. The van der Waals surface area contributed by atoms with Crippen molar-refractivity contribution in [2.75, 3.05) is 11.1 Å². The molecule has 0 fully saturated rings. The summed E-state index contributed by atoms with van der Waals surface area (Å²) in [5.41, 5.74) is 1.81. The highest BCUT2D eigenvalue weighted by atomic mass is 127. The smallest absolute Gasteiger partial charge is 0.255 e. The van der Waals surface area contributed by atoms with E-state index in [2.05, 4.69) is 54.3 Å². The maximum atomic E-state index is 12.8. The van der Waals surface area contributed by atoms with Gasteiger partial charge in [0.2, 0.25) is 0 Å². The number of nitrogens with one attached hydrogen (secondary N) is 2. The fraction of sp³-hybridized carbons (Fsp3) is 0.250. The summed E-state index contributed by atoms with van der Waals surface area (Å²) in [5.74, 6) is 1.46. The number of carbonyl (C=O) groups is 1. The number of nitrogens with zero attached hydrogens (tertiary/aromatic N) is 2. The second-order valence-electron chi connectivity index (χ2n) is 5.51. The third-order valence-electron chi connectivity index (χ3n) is 3.98. The number of para-hydroxylation sites is 1. The molecule has 25 heavy (non-hydrogen) atoms. The largest absolute Gasteiger partial charge is 0.450 e. The summed E-state index contributed by atoms with van der Waals surface area (Å²) in [6, 6.07) is 9.21. The molecule has 0 bridgehead atoms. The number of furan rings is 1. The average molecular weight is 533 g/mol. The fourth-order valence-corrected chi connectivity index (χ4v) is 4.27. The molecule has 9 heteroatoms. The van der Waals surface area contributed by atoms with Crippen LogP contribution in [0.2, 0.25) is 0 Å². The van der Waals surface area contributed by atoms with Crippen molar-refractivity contribution in [1.82, 2.24) is 10.3 Å². The second kappa shape index (κ2) is 6.84. The van der Waals surface area contributed by atoms with E-state index in [0.29, 0.717) is 10.9 Å². The van der Waals surface area contributed by atoms with Crippen molar-refractivity contribution in [2.45, 2.75) is 19.1 Å². The minimum absolute atomic E-state index is 0.0785. The minimum atomic E-state index is -0.495. The first-order valence-corrected chi connectivity index (χ1v) is 10.5. The van der Waals surface area contributed by atoms with E-state index >= 15 is 0 Å². The number of thioether (sulfide) groups is 1. The number of fused-ring (bicyclic) bond motifs is 3. The first kappa shape index (κ1) is 17.2. The van der Waals surface area contributed by atoms with Gasteiger partial charge >= 0.3 is 0 Å². The number of halogens is 2. The Morgan fingerprint density at radius 2 is 2.24 bits per heavy atom. The third kappa shape index (κ3) is 3.06. The Balaban J connectivity index is 1.84. The Kier molecular flexibility index (Phi) is 4.71. The molecule has 1 aromatic heterocycles. The van der Waals surface area contributed by atoms with Crippen LogP contribution in [0.3, 0.4) is 0 Å². The van der Waals surface area contributed by atoms with Gasteiger partial charge < -0.3 is 15.1 Å². The Morgan fingerprint density at radius 3 is 2.96 bits per heavy atom. The molecule has 2 aliphatic heterocycles. The van der Waals surface area contributed by atoms with Crippen LogP contribution in [-0.2, 0) is 4.79 Å². The Bertz CT molecular complexity index is 852. The zero-order valence-electron chi connectivity index (χ0n) is 13.1. The van der Waals surface area contributed by atoms with Crippen molar-refractivity contribution in [1.29, 1.82) is 0 Å². The molecule has 0 aliphatic carbocycles. The van der Waals surface area contributed by atoms with E-state index in [1.54, 1.807) is 5.01 Å². The summed E-state index contributed by atoms with van der Waals surface area (Å²) in [6.45, 7) is 2.03. The van der Waals surface area contributed by atoms with Crippen LogP contribution >= 0.6 is 50.3 Å². The van der Waals surface area contributed by atoms with Gasteiger partial charge in [0.15, 0.2) is 26.9 Å². The molecule has 130 valence electrons. The fourth-order valence-electron chi connectivity index (χ4n) is 2.95. The Labute approximate surface area is 171 Å². The molecule has 1 amide bonds. The van der Waals surface area contributed by atoms with Gasteiger partial charge in [0, 0.05) is 33.8 Å². The maximum absolute atomic E-state index is 12.8. The van der Waals surface area contributed by atoms with E-state index < -0.39 is 6.04 Å².